The SMILES string of the molecule is C1CCCCCCC(NCCC2CCCCCCCCCC2)CCCCC1. The maximum atomic E-state index is 4.01. The molecule has 0 aromatic heterocycles. The second-order valence-electron chi connectivity index (χ2n) is 9.82. The van der Waals surface area contributed by atoms with Crippen molar-refractivity contribution in [3.8, 4) is 0 Å². The highest BCUT2D eigenvalue weighted by Gasteiger charge is 2.12. The van der Waals surface area contributed by atoms with Crippen LogP contribution in [0.1, 0.15) is 148 Å². The molecular weight excluding hydrogens is 326 g/mol. The molecule has 0 saturated heterocycles. The first-order valence-corrected chi connectivity index (χ1v) is 13.2. The number of hydrogen-bond donors (Lipinski definition) is 1. The molecule has 0 bridgehead atoms. The fraction of sp³-hybridized carbons (Fsp3) is 1.00. The fourth-order valence-corrected chi connectivity index (χ4v) is 5.40. The Morgan fingerprint density at radius 2 is 0.741 bits per heavy atom. The minimum atomic E-state index is 0.813. The van der Waals surface area contributed by atoms with Gasteiger partial charge in [-0.05, 0) is 31.7 Å². The first-order chi connectivity index (χ1) is 13.4. The van der Waals surface area contributed by atoms with Gasteiger partial charge in [-0.25, -0.2) is 0 Å². The summed E-state index contributed by atoms with van der Waals surface area (Å²) in [6.07, 6.45) is 34.0. The summed E-state index contributed by atoms with van der Waals surface area (Å²) in [5.41, 5.74) is 0. The van der Waals surface area contributed by atoms with Gasteiger partial charge in [0.2, 0.25) is 0 Å². The summed E-state index contributed by atoms with van der Waals surface area (Å²) in [6.45, 7) is 1.29. The lowest BCUT2D eigenvalue weighted by Crippen LogP contribution is -2.31. The van der Waals surface area contributed by atoms with Crippen LogP contribution in [0.15, 0.2) is 0 Å². The minimum Gasteiger partial charge on any atom is -0.314 e. The molecule has 0 aromatic carbocycles. The van der Waals surface area contributed by atoms with Crippen LogP contribution in [0, 0.1) is 5.92 Å². The van der Waals surface area contributed by atoms with Crippen molar-refractivity contribution in [3.05, 3.63) is 0 Å². The van der Waals surface area contributed by atoms with Crippen molar-refractivity contribution in [1.82, 2.24) is 5.32 Å². The van der Waals surface area contributed by atoms with E-state index in [9.17, 15) is 0 Å². The molecule has 0 heterocycles. The Bertz CT molecular complexity index is 287. The van der Waals surface area contributed by atoms with E-state index >= 15 is 0 Å². The van der Waals surface area contributed by atoms with Gasteiger partial charge in [0.05, 0.1) is 0 Å². The van der Waals surface area contributed by atoms with Crippen molar-refractivity contribution in [2.45, 2.75) is 154 Å². The number of rotatable bonds is 4. The largest absolute Gasteiger partial charge is 0.314 e. The molecule has 0 amide bonds. The average molecular weight is 378 g/mol. The monoisotopic (exact) mass is 377 g/mol. The van der Waals surface area contributed by atoms with Crippen LogP contribution < -0.4 is 5.32 Å². The molecule has 1 N–H and O–H groups in total. The summed E-state index contributed by atoms with van der Waals surface area (Å²) in [6, 6.07) is 0.813. The normalized spacial score (nSPS) is 24.9. The second-order valence-corrected chi connectivity index (χ2v) is 9.82. The van der Waals surface area contributed by atoms with Crippen LogP contribution in [0.5, 0.6) is 0 Å². The van der Waals surface area contributed by atoms with Crippen molar-refractivity contribution in [3.63, 3.8) is 0 Å². The summed E-state index contributed by atoms with van der Waals surface area (Å²) in [4.78, 5) is 0. The highest BCUT2D eigenvalue weighted by atomic mass is 14.9. The summed E-state index contributed by atoms with van der Waals surface area (Å²) >= 11 is 0. The maximum absolute atomic E-state index is 4.01. The summed E-state index contributed by atoms with van der Waals surface area (Å²) < 4.78 is 0. The maximum Gasteiger partial charge on any atom is 0.00670 e. The second kappa shape index (κ2) is 16.9. The van der Waals surface area contributed by atoms with Gasteiger partial charge >= 0.3 is 0 Å². The zero-order valence-electron chi connectivity index (χ0n) is 18.6. The van der Waals surface area contributed by atoms with Crippen molar-refractivity contribution < 1.29 is 0 Å². The van der Waals surface area contributed by atoms with E-state index in [2.05, 4.69) is 5.32 Å². The van der Waals surface area contributed by atoms with Gasteiger partial charge in [0, 0.05) is 6.04 Å². The van der Waals surface area contributed by atoms with Gasteiger partial charge < -0.3 is 5.32 Å². The van der Waals surface area contributed by atoms with E-state index in [1.54, 1.807) is 0 Å². The number of hydrogen-bond acceptors (Lipinski definition) is 1. The van der Waals surface area contributed by atoms with E-state index in [-0.39, 0.29) is 0 Å². The van der Waals surface area contributed by atoms with Crippen molar-refractivity contribution in [1.29, 1.82) is 0 Å². The molecule has 0 spiro atoms. The van der Waals surface area contributed by atoms with Crippen molar-refractivity contribution in [2.24, 2.45) is 5.92 Å². The minimum absolute atomic E-state index is 0.813. The molecule has 2 aliphatic rings. The molecule has 0 radical (unpaired) electrons. The number of nitrogens with one attached hydrogen (secondary N) is 1. The first-order valence-electron chi connectivity index (χ1n) is 13.2. The van der Waals surface area contributed by atoms with Gasteiger partial charge in [-0.2, -0.15) is 0 Å². The van der Waals surface area contributed by atoms with E-state index in [4.69, 9.17) is 0 Å². The molecule has 2 aliphatic carbocycles. The Labute approximate surface area is 171 Å². The van der Waals surface area contributed by atoms with Crippen molar-refractivity contribution in [2.75, 3.05) is 6.54 Å². The summed E-state index contributed by atoms with van der Waals surface area (Å²) in [5, 5.41) is 4.01. The third-order valence-electron chi connectivity index (χ3n) is 7.32. The molecule has 0 aromatic rings. The summed E-state index contributed by atoms with van der Waals surface area (Å²) in [5.74, 6) is 1.00. The standard InChI is InChI=1S/C26H51N/c1-2-4-10-14-18-22-26(21-17-13-9-3-1)27-24-23-25-19-15-11-7-5-6-8-12-16-20-25/h25-27H,1-24H2. The van der Waals surface area contributed by atoms with E-state index < -0.39 is 0 Å². The molecule has 0 atom stereocenters. The van der Waals surface area contributed by atoms with Crippen molar-refractivity contribution >= 4 is 0 Å². The Morgan fingerprint density at radius 3 is 1.15 bits per heavy atom. The molecule has 0 unspecified atom stereocenters. The van der Waals surface area contributed by atoms with Gasteiger partial charge in [0.1, 0.15) is 0 Å². The van der Waals surface area contributed by atoms with Gasteiger partial charge in [-0.15, -0.1) is 0 Å². The van der Waals surface area contributed by atoms with Crippen LogP contribution in [-0.2, 0) is 0 Å². The Morgan fingerprint density at radius 1 is 0.407 bits per heavy atom. The molecule has 2 saturated carbocycles. The molecule has 1 nitrogen and oxygen atoms in total. The van der Waals surface area contributed by atoms with E-state index in [1.807, 2.05) is 0 Å². The van der Waals surface area contributed by atoms with E-state index in [1.165, 1.54) is 154 Å². The van der Waals surface area contributed by atoms with Gasteiger partial charge in [0.15, 0.2) is 0 Å². The topological polar surface area (TPSA) is 12.0 Å². The highest BCUT2D eigenvalue weighted by Crippen LogP contribution is 2.24. The summed E-state index contributed by atoms with van der Waals surface area (Å²) in [7, 11) is 0. The predicted molar refractivity (Wildman–Crippen MR) is 121 cm³/mol. The molecule has 1 heteroatoms. The molecule has 2 rings (SSSR count). The third-order valence-corrected chi connectivity index (χ3v) is 7.32. The van der Waals surface area contributed by atoms with Crippen LogP contribution in [0.2, 0.25) is 0 Å². The van der Waals surface area contributed by atoms with Gasteiger partial charge in [0.25, 0.3) is 0 Å². The third kappa shape index (κ3) is 12.9. The van der Waals surface area contributed by atoms with Crippen LogP contribution >= 0.6 is 0 Å². The highest BCUT2D eigenvalue weighted by molar-refractivity contribution is 4.70. The molecule has 160 valence electrons. The Balaban J connectivity index is 1.65. The molecule has 27 heavy (non-hydrogen) atoms. The lowest BCUT2D eigenvalue weighted by Gasteiger charge is -2.22. The molecular formula is C26H51N. The first kappa shape index (κ1) is 23.2. The predicted octanol–water partition coefficient (Wildman–Crippen LogP) is 8.56. The van der Waals surface area contributed by atoms with Crippen LogP contribution in [0.3, 0.4) is 0 Å². The Hall–Kier alpha value is -0.0400. The Kier molecular flexibility index (Phi) is 14.5. The van der Waals surface area contributed by atoms with E-state index in [0.717, 1.165) is 12.0 Å². The van der Waals surface area contributed by atoms with Gasteiger partial charge in [-0.1, -0.05) is 128 Å². The molecule has 0 aliphatic heterocycles. The zero-order chi connectivity index (χ0) is 18.8. The lowest BCUT2D eigenvalue weighted by atomic mass is 9.92. The molecule has 2 fully saturated rings. The van der Waals surface area contributed by atoms with Crippen LogP contribution in [0.4, 0.5) is 0 Å². The van der Waals surface area contributed by atoms with E-state index in [0.29, 0.717) is 0 Å². The smallest absolute Gasteiger partial charge is 0.00670 e. The van der Waals surface area contributed by atoms with Crippen LogP contribution in [-0.4, -0.2) is 12.6 Å². The van der Waals surface area contributed by atoms with Gasteiger partial charge in [-0.3, -0.25) is 0 Å². The van der Waals surface area contributed by atoms with Crippen LogP contribution in [0.25, 0.3) is 0 Å². The fourth-order valence-electron chi connectivity index (χ4n) is 5.40. The quantitative estimate of drug-likeness (QED) is 0.517. The average Bonchev–Trinajstić information content (AvgIpc) is 2.71. The zero-order valence-corrected chi connectivity index (χ0v) is 18.6. The lowest BCUT2D eigenvalue weighted by molar-refractivity contribution is 0.352.